The van der Waals surface area contributed by atoms with Crippen molar-refractivity contribution in [3.8, 4) is 0 Å². The molecule has 1 aromatic heterocycles. The summed E-state index contributed by atoms with van der Waals surface area (Å²) < 4.78 is 31.9. The fraction of sp³-hybridized carbons (Fsp3) is 0.667. The first-order valence-electron chi connectivity index (χ1n) is 6.56. The average Bonchev–Trinajstić information content (AvgIpc) is 2.87. The predicted molar refractivity (Wildman–Crippen MR) is 73.8 cm³/mol. The summed E-state index contributed by atoms with van der Waals surface area (Å²) in [4.78, 5) is 11.7. The zero-order valence-corrected chi connectivity index (χ0v) is 13.0. The molecule has 1 heterocycles. The summed E-state index contributed by atoms with van der Waals surface area (Å²) >= 11 is 0. The van der Waals surface area contributed by atoms with Crippen LogP contribution in [0.3, 0.4) is 0 Å². The van der Waals surface area contributed by atoms with E-state index in [1.807, 2.05) is 13.8 Å². The number of rotatable bonds is 7. The number of aromatic nitrogens is 2. The summed E-state index contributed by atoms with van der Waals surface area (Å²) in [5.41, 5.74) is -0.0873. The van der Waals surface area contributed by atoms with Gasteiger partial charge < -0.3 is 4.74 Å². The minimum absolute atomic E-state index is 0.0873. The molecule has 0 radical (unpaired) electrons. The summed E-state index contributed by atoms with van der Waals surface area (Å²) in [6.45, 7) is 7.53. The number of esters is 1. The largest absolute Gasteiger partial charge is 0.462 e. The van der Waals surface area contributed by atoms with E-state index in [1.54, 1.807) is 13.8 Å². The predicted octanol–water partition coefficient (Wildman–Crippen LogP) is 1.30. The molecule has 0 aromatic carbocycles. The first-order valence-corrected chi connectivity index (χ1v) is 8.04. The Labute approximate surface area is 119 Å². The summed E-state index contributed by atoms with van der Waals surface area (Å²) in [5, 5.41) is 5.71. The van der Waals surface area contributed by atoms with Crippen LogP contribution in [0.4, 0.5) is 0 Å². The minimum Gasteiger partial charge on any atom is -0.462 e. The molecular formula is C12H21N3O4S. The zero-order valence-electron chi connectivity index (χ0n) is 12.1. The van der Waals surface area contributed by atoms with Gasteiger partial charge in [-0.1, -0.05) is 20.3 Å². The van der Waals surface area contributed by atoms with E-state index in [2.05, 4.69) is 14.9 Å². The van der Waals surface area contributed by atoms with Crippen molar-refractivity contribution in [1.29, 1.82) is 0 Å². The fourth-order valence-corrected chi connectivity index (χ4v) is 3.04. The SMILES string of the molecule is CCOC(=O)c1cn[nH]c1S(=O)(=O)NC(C)C(C)CC. The van der Waals surface area contributed by atoms with Crippen molar-refractivity contribution in [2.75, 3.05) is 6.61 Å². The zero-order chi connectivity index (χ0) is 15.3. The molecule has 1 aromatic rings. The molecule has 7 nitrogen and oxygen atoms in total. The smallest absolute Gasteiger partial charge is 0.342 e. The molecule has 0 aliphatic heterocycles. The lowest BCUT2D eigenvalue weighted by molar-refractivity contribution is 0.0522. The van der Waals surface area contributed by atoms with Gasteiger partial charge >= 0.3 is 5.97 Å². The summed E-state index contributed by atoms with van der Waals surface area (Å²) in [6.07, 6.45) is 2.00. The Balaban J connectivity index is 2.99. The number of nitrogens with zero attached hydrogens (tertiary/aromatic N) is 1. The van der Waals surface area contributed by atoms with Crippen molar-refractivity contribution >= 4 is 16.0 Å². The van der Waals surface area contributed by atoms with Gasteiger partial charge in [-0.05, 0) is 19.8 Å². The van der Waals surface area contributed by atoms with Gasteiger partial charge in [-0.25, -0.2) is 17.9 Å². The third-order valence-corrected chi connectivity index (χ3v) is 4.74. The second-order valence-corrected chi connectivity index (χ2v) is 6.28. The van der Waals surface area contributed by atoms with Crippen LogP contribution in [0.15, 0.2) is 11.2 Å². The molecule has 8 heteroatoms. The Bertz CT molecular complexity index is 553. The van der Waals surface area contributed by atoms with Crippen molar-refractivity contribution in [2.24, 2.45) is 5.92 Å². The summed E-state index contributed by atoms with van der Waals surface area (Å²) in [7, 11) is -3.83. The lowest BCUT2D eigenvalue weighted by Crippen LogP contribution is -2.37. The van der Waals surface area contributed by atoms with Crippen LogP contribution in [-0.4, -0.2) is 37.2 Å². The minimum atomic E-state index is -3.83. The molecule has 114 valence electrons. The van der Waals surface area contributed by atoms with Crippen LogP contribution >= 0.6 is 0 Å². The van der Waals surface area contributed by atoms with Crippen LogP contribution in [0, 0.1) is 5.92 Å². The number of hydrogen-bond donors (Lipinski definition) is 2. The van der Waals surface area contributed by atoms with Crippen LogP contribution in [0.25, 0.3) is 0 Å². The summed E-state index contributed by atoms with van der Waals surface area (Å²) in [6, 6.07) is -0.247. The Morgan fingerprint density at radius 3 is 2.65 bits per heavy atom. The van der Waals surface area contributed by atoms with Crippen molar-refractivity contribution in [3.63, 3.8) is 0 Å². The third-order valence-electron chi connectivity index (χ3n) is 3.21. The maximum Gasteiger partial charge on any atom is 0.342 e. The molecule has 2 unspecified atom stereocenters. The van der Waals surface area contributed by atoms with Gasteiger partial charge in [-0.15, -0.1) is 0 Å². The van der Waals surface area contributed by atoms with E-state index < -0.39 is 16.0 Å². The molecule has 0 saturated carbocycles. The molecule has 0 aliphatic rings. The highest BCUT2D eigenvalue weighted by Gasteiger charge is 2.28. The number of aromatic amines is 1. The monoisotopic (exact) mass is 303 g/mol. The van der Waals surface area contributed by atoms with Crippen LogP contribution in [-0.2, 0) is 14.8 Å². The molecule has 2 atom stereocenters. The molecule has 1 rings (SSSR count). The average molecular weight is 303 g/mol. The normalized spacial score (nSPS) is 14.8. The van der Waals surface area contributed by atoms with Crippen molar-refractivity contribution < 1.29 is 17.9 Å². The number of hydrogen-bond acceptors (Lipinski definition) is 5. The quantitative estimate of drug-likeness (QED) is 0.739. The van der Waals surface area contributed by atoms with E-state index in [9.17, 15) is 13.2 Å². The van der Waals surface area contributed by atoms with Crippen molar-refractivity contribution in [2.45, 2.75) is 45.2 Å². The number of carbonyl (C=O) groups excluding carboxylic acids is 1. The highest BCUT2D eigenvalue weighted by Crippen LogP contribution is 2.16. The van der Waals surface area contributed by atoms with Gasteiger partial charge in [0.2, 0.25) is 0 Å². The van der Waals surface area contributed by atoms with Gasteiger partial charge in [0.05, 0.1) is 12.8 Å². The Kier molecular flexibility index (Phi) is 5.70. The van der Waals surface area contributed by atoms with Gasteiger partial charge in [0.1, 0.15) is 5.56 Å². The Morgan fingerprint density at radius 2 is 2.10 bits per heavy atom. The topological polar surface area (TPSA) is 101 Å². The molecule has 0 spiro atoms. The van der Waals surface area contributed by atoms with E-state index in [1.165, 1.54) is 0 Å². The lowest BCUT2D eigenvalue weighted by atomic mass is 10.0. The maximum absolute atomic E-state index is 12.3. The van der Waals surface area contributed by atoms with E-state index in [4.69, 9.17) is 4.74 Å². The summed E-state index contributed by atoms with van der Waals surface area (Å²) in [5.74, 6) is -0.531. The van der Waals surface area contributed by atoms with Crippen LogP contribution in [0.1, 0.15) is 44.5 Å². The van der Waals surface area contributed by atoms with Gasteiger partial charge in [-0.3, -0.25) is 5.10 Å². The molecule has 0 bridgehead atoms. The third kappa shape index (κ3) is 3.80. The molecular weight excluding hydrogens is 282 g/mol. The maximum atomic E-state index is 12.3. The molecule has 0 amide bonds. The Hall–Kier alpha value is -1.41. The number of carbonyl (C=O) groups is 1. The molecule has 0 fully saturated rings. The van der Waals surface area contributed by atoms with Crippen LogP contribution in [0.2, 0.25) is 0 Å². The van der Waals surface area contributed by atoms with Gasteiger partial charge in [0.15, 0.2) is 5.03 Å². The van der Waals surface area contributed by atoms with Gasteiger partial charge in [0, 0.05) is 6.04 Å². The number of H-pyrrole nitrogens is 1. The molecule has 0 aliphatic carbocycles. The van der Waals surface area contributed by atoms with Gasteiger partial charge in [0.25, 0.3) is 10.0 Å². The fourth-order valence-electron chi connectivity index (χ4n) is 1.61. The number of sulfonamides is 1. The number of ether oxygens (including phenoxy) is 1. The van der Waals surface area contributed by atoms with E-state index in [-0.39, 0.29) is 29.2 Å². The Morgan fingerprint density at radius 1 is 1.45 bits per heavy atom. The second kappa shape index (κ2) is 6.85. The molecule has 0 saturated heterocycles. The molecule has 20 heavy (non-hydrogen) atoms. The van der Waals surface area contributed by atoms with Crippen LogP contribution < -0.4 is 4.72 Å². The van der Waals surface area contributed by atoms with E-state index in [0.717, 1.165) is 12.6 Å². The van der Waals surface area contributed by atoms with E-state index in [0.29, 0.717) is 0 Å². The first-order chi connectivity index (χ1) is 9.33. The van der Waals surface area contributed by atoms with Crippen molar-refractivity contribution in [3.05, 3.63) is 11.8 Å². The number of nitrogens with one attached hydrogen (secondary N) is 2. The highest BCUT2D eigenvalue weighted by molar-refractivity contribution is 7.89. The standard InChI is InChI=1S/C12H21N3O4S/c1-5-8(3)9(4)15-20(17,18)11-10(7-13-14-11)12(16)19-6-2/h7-9,15H,5-6H2,1-4H3,(H,13,14). The second-order valence-electron chi connectivity index (χ2n) is 4.63. The van der Waals surface area contributed by atoms with E-state index >= 15 is 0 Å². The lowest BCUT2D eigenvalue weighted by Gasteiger charge is -2.19. The van der Waals surface area contributed by atoms with Crippen LogP contribution in [0.5, 0.6) is 0 Å². The molecule has 2 N–H and O–H groups in total. The first kappa shape index (κ1) is 16.6. The van der Waals surface area contributed by atoms with Crippen molar-refractivity contribution in [1.82, 2.24) is 14.9 Å². The van der Waals surface area contributed by atoms with Gasteiger partial charge in [-0.2, -0.15) is 5.10 Å². The highest BCUT2D eigenvalue weighted by atomic mass is 32.2.